The lowest BCUT2D eigenvalue weighted by Gasteiger charge is -2.42. The highest BCUT2D eigenvalue weighted by Crippen LogP contribution is 2.35. The Morgan fingerprint density at radius 1 is 1.56 bits per heavy atom. The van der Waals surface area contributed by atoms with Crippen LogP contribution in [0.3, 0.4) is 0 Å². The molecule has 2 aliphatic heterocycles. The number of nitrogens with zero attached hydrogens (tertiary/aromatic N) is 1. The molecule has 0 radical (unpaired) electrons. The average Bonchev–Trinajstić information content (AvgIpc) is 2.75. The molecular weight excluding hydrogens is 230 g/mol. The number of rotatable bonds is 4. The van der Waals surface area contributed by atoms with Crippen molar-refractivity contribution in [3.05, 3.63) is 0 Å². The monoisotopic (exact) mass is 255 g/mol. The second-order valence-corrected chi connectivity index (χ2v) is 5.72. The normalized spacial score (nSPS) is 34.1. The Hall–Kier alpha value is -0.650. The molecule has 5 heteroatoms. The highest BCUT2D eigenvalue weighted by atomic mass is 16.6. The molecule has 0 aliphatic carbocycles. The Morgan fingerprint density at radius 3 is 2.94 bits per heavy atom. The molecule has 0 bridgehead atoms. The summed E-state index contributed by atoms with van der Waals surface area (Å²) in [7, 11) is 2.13. The first-order chi connectivity index (χ1) is 8.52. The van der Waals surface area contributed by atoms with Crippen LogP contribution in [0.25, 0.3) is 0 Å². The number of hydrogen-bond acceptors (Lipinski definition) is 4. The van der Waals surface area contributed by atoms with E-state index in [2.05, 4.69) is 18.9 Å². The lowest BCUT2D eigenvalue weighted by Crippen LogP contribution is -2.50. The van der Waals surface area contributed by atoms with Crippen molar-refractivity contribution >= 4 is 5.84 Å². The minimum atomic E-state index is -0.0485. The van der Waals surface area contributed by atoms with Crippen LogP contribution in [0.15, 0.2) is 0 Å². The Labute approximate surface area is 109 Å². The number of nitrogens with two attached hydrogens (primary N) is 1. The van der Waals surface area contributed by atoms with Crippen LogP contribution in [0, 0.1) is 5.41 Å². The molecule has 2 saturated heterocycles. The van der Waals surface area contributed by atoms with E-state index < -0.39 is 0 Å². The fraction of sp³-hybridized carbons (Fsp3) is 0.923. The van der Waals surface area contributed by atoms with E-state index in [-0.39, 0.29) is 11.4 Å². The van der Waals surface area contributed by atoms with Crippen LogP contribution in [0.4, 0.5) is 0 Å². The van der Waals surface area contributed by atoms with Gasteiger partial charge in [0.1, 0.15) is 0 Å². The predicted molar refractivity (Wildman–Crippen MR) is 70.9 cm³/mol. The van der Waals surface area contributed by atoms with Gasteiger partial charge in [-0.15, -0.1) is 0 Å². The maximum Gasteiger partial charge on any atom is 0.0951 e. The van der Waals surface area contributed by atoms with Gasteiger partial charge < -0.3 is 20.1 Å². The summed E-state index contributed by atoms with van der Waals surface area (Å²) >= 11 is 0. The van der Waals surface area contributed by atoms with Gasteiger partial charge in [0.05, 0.1) is 18.0 Å². The summed E-state index contributed by atoms with van der Waals surface area (Å²) in [4.78, 5) is 2.35. The lowest BCUT2D eigenvalue weighted by atomic mass is 9.88. The van der Waals surface area contributed by atoms with Gasteiger partial charge in [-0.05, 0) is 26.8 Å². The van der Waals surface area contributed by atoms with E-state index in [4.69, 9.17) is 20.6 Å². The summed E-state index contributed by atoms with van der Waals surface area (Å²) in [5.41, 5.74) is 5.44. The highest BCUT2D eigenvalue weighted by molar-refractivity contribution is 5.77. The Morgan fingerprint density at radius 2 is 2.33 bits per heavy atom. The molecule has 0 saturated carbocycles. The molecule has 2 fully saturated rings. The molecule has 0 amide bonds. The van der Waals surface area contributed by atoms with Gasteiger partial charge in [0.2, 0.25) is 0 Å². The number of amidine groups is 1. The molecule has 104 valence electrons. The van der Waals surface area contributed by atoms with Gasteiger partial charge in [0.15, 0.2) is 0 Å². The van der Waals surface area contributed by atoms with E-state index in [1.807, 2.05) is 0 Å². The van der Waals surface area contributed by atoms with Gasteiger partial charge in [-0.2, -0.15) is 0 Å². The zero-order valence-corrected chi connectivity index (χ0v) is 11.4. The summed E-state index contributed by atoms with van der Waals surface area (Å²) in [6.45, 7) is 4.50. The quantitative estimate of drug-likeness (QED) is 0.580. The summed E-state index contributed by atoms with van der Waals surface area (Å²) in [6.07, 6.45) is 3.74. The van der Waals surface area contributed by atoms with Crippen LogP contribution in [-0.2, 0) is 9.47 Å². The molecule has 0 aromatic heterocycles. The smallest absolute Gasteiger partial charge is 0.0951 e. The maximum atomic E-state index is 7.40. The van der Waals surface area contributed by atoms with Crippen LogP contribution in [0.1, 0.15) is 32.6 Å². The molecule has 5 nitrogen and oxygen atoms in total. The highest BCUT2D eigenvalue weighted by Gasteiger charge is 2.42. The van der Waals surface area contributed by atoms with E-state index in [0.717, 1.165) is 39.1 Å². The van der Waals surface area contributed by atoms with Crippen LogP contribution in [-0.4, -0.2) is 55.3 Å². The van der Waals surface area contributed by atoms with Crippen molar-refractivity contribution in [3.63, 3.8) is 0 Å². The van der Waals surface area contributed by atoms with Crippen molar-refractivity contribution in [1.82, 2.24) is 4.90 Å². The summed E-state index contributed by atoms with van der Waals surface area (Å²) in [6, 6.07) is 0.819. The van der Waals surface area contributed by atoms with Crippen molar-refractivity contribution in [1.29, 1.82) is 5.41 Å². The van der Waals surface area contributed by atoms with Crippen LogP contribution in [0.5, 0.6) is 0 Å². The SMILES string of the molecule is CC(CC(=N)N)N(C)C1CCOC2(CCOC2)C1. The third-order valence-electron chi connectivity index (χ3n) is 4.32. The third kappa shape index (κ3) is 3.02. The van der Waals surface area contributed by atoms with Gasteiger partial charge in [-0.25, -0.2) is 0 Å². The number of hydrogen-bond donors (Lipinski definition) is 2. The van der Waals surface area contributed by atoms with E-state index in [0.29, 0.717) is 18.5 Å². The van der Waals surface area contributed by atoms with Gasteiger partial charge >= 0.3 is 0 Å². The van der Waals surface area contributed by atoms with Crippen molar-refractivity contribution in [2.75, 3.05) is 26.9 Å². The molecule has 3 N–H and O–H groups in total. The number of ether oxygens (including phenoxy) is 2. The van der Waals surface area contributed by atoms with E-state index in [1.54, 1.807) is 0 Å². The zero-order valence-electron chi connectivity index (χ0n) is 11.4. The lowest BCUT2D eigenvalue weighted by molar-refractivity contribution is -0.107. The van der Waals surface area contributed by atoms with Crippen LogP contribution >= 0.6 is 0 Å². The first kappa shape index (κ1) is 13.8. The molecule has 3 atom stereocenters. The van der Waals surface area contributed by atoms with Gasteiger partial charge in [-0.1, -0.05) is 0 Å². The largest absolute Gasteiger partial charge is 0.388 e. The second kappa shape index (κ2) is 5.55. The molecule has 0 aromatic rings. The van der Waals surface area contributed by atoms with Crippen molar-refractivity contribution < 1.29 is 9.47 Å². The summed E-state index contributed by atoms with van der Waals surface area (Å²) in [5.74, 6) is 0.264. The molecule has 3 unspecified atom stereocenters. The van der Waals surface area contributed by atoms with E-state index in [1.165, 1.54) is 0 Å². The standard InChI is InChI=1S/C13H25N3O2/c1-10(7-12(14)15)16(2)11-3-5-18-13(8-11)4-6-17-9-13/h10-11H,3-9H2,1-2H3,(H3,14,15). The molecule has 2 heterocycles. The maximum absolute atomic E-state index is 7.40. The molecule has 1 spiro atoms. The van der Waals surface area contributed by atoms with E-state index >= 15 is 0 Å². The topological polar surface area (TPSA) is 71.6 Å². The van der Waals surface area contributed by atoms with Crippen molar-refractivity contribution in [2.45, 2.75) is 50.3 Å². The third-order valence-corrected chi connectivity index (χ3v) is 4.32. The summed E-state index contributed by atoms with van der Waals surface area (Å²) in [5, 5.41) is 7.40. The van der Waals surface area contributed by atoms with Gasteiger partial charge in [0, 0.05) is 38.1 Å². The minimum absolute atomic E-state index is 0.0485. The Bertz CT molecular complexity index is 303. The minimum Gasteiger partial charge on any atom is -0.388 e. The van der Waals surface area contributed by atoms with Crippen molar-refractivity contribution in [3.8, 4) is 0 Å². The first-order valence-electron chi connectivity index (χ1n) is 6.79. The molecule has 2 rings (SSSR count). The molecular formula is C13H25N3O2. The Balaban J connectivity index is 1.93. The summed E-state index contributed by atoms with van der Waals surface area (Å²) < 4.78 is 11.4. The fourth-order valence-corrected chi connectivity index (χ4v) is 3.03. The second-order valence-electron chi connectivity index (χ2n) is 5.72. The fourth-order valence-electron chi connectivity index (χ4n) is 3.03. The zero-order chi connectivity index (χ0) is 13.2. The predicted octanol–water partition coefficient (Wildman–Crippen LogP) is 0.971. The van der Waals surface area contributed by atoms with Crippen molar-refractivity contribution in [2.24, 2.45) is 5.73 Å². The van der Waals surface area contributed by atoms with Crippen LogP contribution < -0.4 is 5.73 Å². The molecule has 18 heavy (non-hydrogen) atoms. The molecule has 2 aliphatic rings. The average molecular weight is 255 g/mol. The van der Waals surface area contributed by atoms with Gasteiger partial charge in [-0.3, -0.25) is 5.41 Å². The molecule has 0 aromatic carbocycles. The van der Waals surface area contributed by atoms with Gasteiger partial charge in [0.25, 0.3) is 0 Å². The van der Waals surface area contributed by atoms with E-state index in [9.17, 15) is 0 Å². The Kier molecular flexibility index (Phi) is 4.25. The first-order valence-corrected chi connectivity index (χ1v) is 6.79. The number of nitrogens with one attached hydrogen (secondary N) is 1. The van der Waals surface area contributed by atoms with Crippen LogP contribution in [0.2, 0.25) is 0 Å².